The highest BCUT2D eigenvalue weighted by Crippen LogP contribution is 2.37. The van der Waals surface area contributed by atoms with E-state index in [1.807, 2.05) is 42.5 Å². The fourth-order valence-electron chi connectivity index (χ4n) is 3.14. The third-order valence-corrected chi connectivity index (χ3v) is 6.78. The van der Waals surface area contributed by atoms with E-state index in [-0.39, 0.29) is 5.57 Å². The molecule has 0 radical (unpaired) electrons. The van der Waals surface area contributed by atoms with Gasteiger partial charge in [0.05, 0.1) is 27.5 Å². The lowest BCUT2D eigenvalue weighted by Gasteiger charge is -2.21. The summed E-state index contributed by atoms with van der Waals surface area (Å²) >= 11 is 10.9. The first-order chi connectivity index (χ1) is 15.5. The summed E-state index contributed by atoms with van der Waals surface area (Å²) in [6.45, 7) is 0. The topological polar surface area (TPSA) is 102 Å². The van der Waals surface area contributed by atoms with Gasteiger partial charge < -0.3 is 10.2 Å². The summed E-state index contributed by atoms with van der Waals surface area (Å²) in [6.07, 6.45) is 0.870. The quantitative estimate of drug-likeness (QED) is 0.407. The van der Waals surface area contributed by atoms with Crippen molar-refractivity contribution >= 4 is 56.8 Å². The van der Waals surface area contributed by atoms with Crippen LogP contribution in [0.3, 0.4) is 0 Å². The smallest absolute Gasteiger partial charge is 0.179 e. The first-order valence-corrected chi connectivity index (χ1v) is 11.4. The largest absolute Gasteiger partial charge is 0.449 e. The Bertz CT molecular complexity index is 1270. The van der Waals surface area contributed by atoms with Crippen LogP contribution in [0.5, 0.6) is 0 Å². The fourth-order valence-corrected chi connectivity index (χ4v) is 4.60. The van der Waals surface area contributed by atoms with E-state index in [0.717, 1.165) is 15.1 Å². The molecule has 4 rings (SSSR count). The zero-order valence-electron chi connectivity index (χ0n) is 16.4. The Morgan fingerprint density at radius 2 is 1.91 bits per heavy atom. The summed E-state index contributed by atoms with van der Waals surface area (Å²) in [5.74, 6) is -0.307. The maximum Gasteiger partial charge on any atom is 0.179 e. The molecule has 2 atom stereocenters. The van der Waals surface area contributed by atoms with Crippen molar-refractivity contribution in [1.82, 2.24) is 0 Å². The van der Waals surface area contributed by atoms with Crippen LogP contribution < -0.4 is 10.7 Å². The minimum atomic E-state index is -0.762. The van der Waals surface area contributed by atoms with Crippen molar-refractivity contribution in [3.63, 3.8) is 0 Å². The van der Waals surface area contributed by atoms with E-state index in [1.165, 1.54) is 11.8 Å². The number of rotatable bonds is 5. The van der Waals surface area contributed by atoms with Crippen LogP contribution in [0.4, 0.5) is 5.69 Å². The van der Waals surface area contributed by atoms with Gasteiger partial charge >= 0.3 is 0 Å². The van der Waals surface area contributed by atoms with Gasteiger partial charge in [0.2, 0.25) is 0 Å². The van der Waals surface area contributed by atoms with Crippen LogP contribution in [-0.4, -0.2) is 11.9 Å². The Morgan fingerprint density at radius 3 is 2.56 bits per heavy atom. The lowest BCUT2D eigenvalue weighted by atomic mass is 9.96. The second-order valence-corrected chi connectivity index (χ2v) is 9.11. The number of hydrogen-bond acceptors (Lipinski definition) is 7. The van der Waals surface area contributed by atoms with E-state index in [9.17, 15) is 10.5 Å². The molecule has 3 aromatic rings. The van der Waals surface area contributed by atoms with Crippen LogP contribution in [0.25, 0.3) is 6.08 Å². The number of halogens is 2. The minimum Gasteiger partial charge on any atom is -0.449 e. The molecule has 9 heteroatoms. The summed E-state index contributed by atoms with van der Waals surface area (Å²) < 4.78 is 6.66. The van der Waals surface area contributed by atoms with E-state index < -0.39 is 12.1 Å². The summed E-state index contributed by atoms with van der Waals surface area (Å²) in [5, 5.41) is 26.9. The molecule has 158 valence electrons. The van der Waals surface area contributed by atoms with Crippen molar-refractivity contribution in [1.29, 1.82) is 10.5 Å². The molecular formula is C23H15BrClN5OS. The Hall–Kier alpha value is -3.01. The second-order valence-electron chi connectivity index (χ2n) is 6.77. The molecule has 0 aliphatic carbocycles. The van der Waals surface area contributed by atoms with Crippen LogP contribution >= 0.6 is 39.3 Å². The Labute approximate surface area is 202 Å². The SMILES string of the molecule is N#C/C(=C/c1cc(Br)c(Sc2ccc(Cl)cc2)o1)C1=NN(c2ccccc2)[C@@H](N)[C@H]1C#N. The Morgan fingerprint density at radius 1 is 1.19 bits per heavy atom. The lowest BCUT2D eigenvalue weighted by molar-refractivity contribution is 0.463. The minimum absolute atomic E-state index is 0.217. The van der Waals surface area contributed by atoms with Crippen molar-refractivity contribution in [3.05, 3.63) is 81.5 Å². The maximum atomic E-state index is 9.80. The number of nitrogens with two attached hydrogens (primary N) is 1. The van der Waals surface area contributed by atoms with Crippen LogP contribution in [0.2, 0.25) is 5.02 Å². The molecule has 1 aromatic heterocycles. The lowest BCUT2D eigenvalue weighted by Crippen LogP contribution is -2.40. The fraction of sp³-hybridized carbons (Fsp3) is 0.0870. The summed E-state index contributed by atoms with van der Waals surface area (Å²) in [5.41, 5.74) is 7.55. The number of hydrazone groups is 1. The van der Waals surface area contributed by atoms with E-state index in [0.29, 0.717) is 21.6 Å². The molecule has 0 spiro atoms. The molecule has 0 fully saturated rings. The van der Waals surface area contributed by atoms with E-state index in [4.69, 9.17) is 21.8 Å². The van der Waals surface area contributed by atoms with Gasteiger partial charge in [0.25, 0.3) is 0 Å². The Balaban J connectivity index is 1.64. The third kappa shape index (κ3) is 4.59. The van der Waals surface area contributed by atoms with Gasteiger partial charge in [-0.15, -0.1) is 0 Å². The van der Waals surface area contributed by atoms with E-state index >= 15 is 0 Å². The van der Waals surface area contributed by atoms with Gasteiger partial charge in [0.15, 0.2) is 5.09 Å². The monoisotopic (exact) mass is 523 g/mol. The molecule has 32 heavy (non-hydrogen) atoms. The van der Waals surface area contributed by atoms with Crippen molar-refractivity contribution in [2.75, 3.05) is 5.01 Å². The number of para-hydroxylation sites is 1. The zero-order chi connectivity index (χ0) is 22.7. The van der Waals surface area contributed by atoms with Crippen molar-refractivity contribution in [3.8, 4) is 12.1 Å². The standard InChI is InChI=1S/C23H15BrClN5OS/c24-20-11-17(31-23(20)32-18-8-6-15(25)7-9-18)10-14(12-26)21-19(13-27)22(28)30(29-21)16-4-2-1-3-5-16/h1-11,19,22H,28H2/b14-10-/t19-,22+/m0/s1. The molecular weight excluding hydrogens is 510 g/mol. The molecule has 2 N–H and O–H groups in total. The van der Waals surface area contributed by atoms with Gasteiger partial charge in [0, 0.05) is 16.0 Å². The maximum absolute atomic E-state index is 9.80. The molecule has 0 unspecified atom stereocenters. The summed E-state index contributed by atoms with van der Waals surface area (Å²) in [6, 6.07) is 22.8. The molecule has 2 heterocycles. The Kier molecular flexibility index (Phi) is 6.69. The van der Waals surface area contributed by atoms with Crippen LogP contribution in [-0.2, 0) is 0 Å². The van der Waals surface area contributed by atoms with Crippen LogP contribution in [0, 0.1) is 28.6 Å². The van der Waals surface area contributed by atoms with Crippen molar-refractivity contribution < 1.29 is 4.42 Å². The van der Waals surface area contributed by atoms with Gasteiger partial charge in [-0.25, -0.2) is 5.01 Å². The highest BCUT2D eigenvalue weighted by molar-refractivity contribution is 9.10. The first-order valence-electron chi connectivity index (χ1n) is 9.43. The van der Waals surface area contributed by atoms with E-state index in [1.54, 1.807) is 29.3 Å². The molecule has 0 amide bonds. The number of anilines is 1. The number of nitriles is 2. The second kappa shape index (κ2) is 9.64. The molecule has 0 saturated heterocycles. The molecule has 6 nitrogen and oxygen atoms in total. The summed E-state index contributed by atoms with van der Waals surface area (Å²) in [7, 11) is 0. The number of benzene rings is 2. The van der Waals surface area contributed by atoms with E-state index in [2.05, 4.69) is 33.2 Å². The molecule has 1 aliphatic heterocycles. The highest BCUT2D eigenvalue weighted by Gasteiger charge is 2.37. The zero-order valence-corrected chi connectivity index (χ0v) is 19.6. The van der Waals surface area contributed by atoms with Gasteiger partial charge in [-0.2, -0.15) is 15.6 Å². The number of nitrogens with zero attached hydrogens (tertiary/aromatic N) is 4. The van der Waals surface area contributed by atoms with Crippen LogP contribution in [0.15, 0.2) is 90.2 Å². The van der Waals surface area contributed by atoms with Crippen molar-refractivity contribution in [2.24, 2.45) is 16.8 Å². The first kappa shape index (κ1) is 22.2. The number of hydrogen-bond donors (Lipinski definition) is 1. The van der Waals surface area contributed by atoms with Gasteiger partial charge in [-0.05, 0) is 58.4 Å². The molecule has 2 aromatic carbocycles. The van der Waals surface area contributed by atoms with Gasteiger partial charge in [-0.1, -0.05) is 41.6 Å². The molecule has 1 aliphatic rings. The molecule has 0 saturated carbocycles. The normalized spacial score (nSPS) is 18.2. The van der Waals surface area contributed by atoms with Gasteiger partial charge in [0.1, 0.15) is 23.9 Å². The van der Waals surface area contributed by atoms with Crippen molar-refractivity contribution in [2.45, 2.75) is 16.2 Å². The predicted molar refractivity (Wildman–Crippen MR) is 129 cm³/mol. The van der Waals surface area contributed by atoms with Crippen LogP contribution in [0.1, 0.15) is 5.76 Å². The molecule has 0 bridgehead atoms. The average molecular weight is 525 g/mol. The predicted octanol–water partition coefficient (Wildman–Crippen LogP) is 6.05. The highest BCUT2D eigenvalue weighted by atomic mass is 79.9. The number of allylic oxidation sites excluding steroid dienone is 1. The average Bonchev–Trinajstić information content (AvgIpc) is 3.32. The number of furan rings is 1. The summed E-state index contributed by atoms with van der Waals surface area (Å²) in [4.78, 5) is 0.953. The third-order valence-electron chi connectivity index (χ3n) is 4.68. The van der Waals surface area contributed by atoms with Gasteiger partial charge in [-0.3, -0.25) is 0 Å².